The Morgan fingerprint density at radius 1 is 1.30 bits per heavy atom. The summed E-state index contributed by atoms with van der Waals surface area (Å²) < 4.78 is 1.29. The standard InChI is InChI=1S/C19H23N5O2S/c1-4-5-15-10-17(26)24-18(21-15)27-19(22-24)23(3)12-16(25)20-11-14-8-6-13(2)7-9-14/h6-10H,4-5,11-12H2,1-3H3,(H,20,25). The van der Waals surface area contributed by atoms with E-state index in [2.05, 4.69) is 15.4 Å². The van der Waals surface area contributed by atoms with Crippen molar-refractivity contribution in [3.05, 3.63) is 57.5 Å². The Morgan fingerprint density at radius 2 is 2.04 bits per heavy atom. The largest absolute Gasteiger partial charge is 0.350 e. The van der Waals surface area contributed by atoms with Crippen LogP contribution in [-0.4, -0.2) is 34.1 Å². The molecule has 0 bridgehead atoms. The van der Waals surface area contributed by atoms with Crippen molar-refractivity contribution in [2.75, 3.05) is 18.5 Å². The summed E-state index contributed by atoms with van der Waals surface area (Å²) in [5.41, 5.74) is 2.82. The van der Waals surface area contributed by atoms with Gasteiger partial charge in [0.05, 0.1) is 6.54 Å². The van der Waals surface area contributed by atoms with Gasteiger partial charge in [-0.2, -0.15) is 4.52 Å². The molecule has 1 amide bonds. The van der Waals surface area contributed by atoms with E-state index in [0.717, 1.165) is 24.1 Å². The molecule has 1 N–H and O–H groups in total. The van der Waals surface area contributed by atoms with E-state index in [1.807, 2.05) is 38.1 Å². The van der Waals surface area contributed by atoms with Gasteiger partial charge in [-0.15, -0.1) is 5.10 Å². The summed E-state index contributed by atoms with van der Waals surface area (Å²) in [4.78, 5) is 31.2. The third kappa shape index (κ3) is 4.71. The van der Waals surface area contributed by atoms with E-state index in [1.54, 1.807) is 11.9 Å². The Balaban J connectivity index is 1.65. The summed E-state index contributed by atoms with van der Waals surface area (Å²) in [6, 6.07) is 9.56. The molecule has 0 spiro atoms. The van der Waals surface area contributed by atoms with Gasteiger partial charge >= 0.3 is 0 Å². The number of nitrogens with one attached hydrogen (secondary N) is 1. The Labute approximate surface area is 161 Å². The highest BCUT2D eigenvalue weighted by Gasteiger charge is 2.14. The van der Waals surface area contributed by atoms with Crippen molar-refractivity contribution in [3.8, 4) is 0 Å². The molecule has 3 aromatic rings. The van der Waals surface area contributed by atoms with Crippen molar-refractivity contribution in [1.82, 2.24) is 19.9 Å². The number of aryl methyl sites for hydroxylation is 2. The van der Waals surface area contributed by atoms with Gasteiger partial charge < -0.3 is 10.2 Å². The molecular formula is C19H23N5O2S. The van der Waals surface area contributed by atoms with Crippen molar-refractivity contribution >= 4 is 27.3 Å². The van der Waals surface area contributed by atoms with Gasteiger partial charge in [0.1, 0.15) is 0 Å². The second-order valence-corrected chi connectivity index (χ2v) is 7.47. The predicted octanol–water partition coefficient (Wildman–Crippen LogP) is 2.16. The molecule has 27 heavy (non-hydrogen) atoms. The van der Waals surface area contributed by atoms with Crippen LogP contribution in [0.5, 0.6) is 0 Å². The first kappa shape index (κ1) is 19.0. The Morgan fingerprint density at radius 3 is 2.74 bits per heavy atom. The van der Waals surface area contributed by atoms with Crippen LogP contribution >= 0.6 is 11.3 Å². The molecule has 0 aliphatic rings. The van der Waals surface area contributed by atoms with Gasteiger partial charge in [-0.25, -0.2) is 4.98 Å². The fraction of sp³-hybridized carbons (Fsp3) is 0.368. The van der Waals surface area contributed by atoms with Crippen molar-refractivity contribution < 1.29 is 4.79 Å². The normalized spacial score (nSPS) is 10.9. The lowest BCUT2D eigenvalue weighted by molar-refractivity contribution is -0.119. The lowest BCUT2D eigenvalue weighted by Gasteiger charge is -2.14. The maximum absolute atomic E-state index is 12.2. The molecule has 0 atom stereocenters. The SMILES string of the molecule is CCCc1cc(=O)n2nc(N(C)CC(=O)NCc3ccc(C)cc3)sc2n1. The topological polar surface area (TPSA) is 79.6 Å². The highest BCUT2D eigenvalue weighted by molar-refractivity contribution is 7.20. The van der Waals surface area contributed by atoms with Crippen LogP contribution in [0.4, 0.5) is 5.13 Å². The van der Waals surface area contributed by atoms with Crippen LogP contribution in [-0.2, 0) is 17.8 Å². The van der Waals surface area contributed by atoms with Gasteiger partial charge in [-0.3, -0.25) is 9.59 Å². The average molecular weight is 385 g/mol. The Hall–Kier alpha value is -2.74. The van der Waals surface area contributed by atoms with Gasteiger partial charge in [0.15, 0.2) is 0 Å². The number of nitrogens with zero attached hydrogens (tertiary/aromatic N) is 4. The van der Waals surface area contributed by atoms with E-state index >= 15 is 0 Å². The predicted molar refractivity (Wildman–Crippen MR) is 107 cm³/mol. The first-order valence-electron chi connectivity index (χ1n) is 8.89. The summed E-state index contributed by atoms with van der Waals surface area (Å²) in [6.07, 6.45) is 1.69. The van der Waals surface area contributed by atoms with Crippen LogP contribution < -0.4 is 15.8 Å². The van der Waals surface area contributed by atoms with Crippen LogP contribution in [0, 0.1) is 6.92 Å². The molecule has 0 saturated heterocycles. The molecule has 0 unspecified atom stereocenters. The third-order valence-corrected chi connectivity index (χ3v) is 5.13. The van der Waals surface area contributed by atoms with Crippen LogP contribution in [0.15, 0.2) is 35.1 Å². The van der Waals surface area contributed by atoms with Crippen LogP contribution in [0.3, 0.4) is 0 Å². The molecule has 2 heterocycles. The fourth-order valence-electron chi connectivity index (χ4n) is 2.63. The zero-order chi connectivity index (χ0) is 19.4. The minimum absolute atomic E-state index is 0.107. The molecule has 0 aliphatic carbocycles. The van der Waals surface area contributed by atoms with E-state index in [4.69, 9.17) is 0 Å². The molecule has 0 aliphatic heterocycles. The van der Waals surface area contributed by atoms with E-state index in [-0.39, 0.29) is 18.0 Å². The van der Waals surface area contributed by atoms with Crippen molar-refractivity contribution in [3.63, 3.8) is 0 Å². The fourth-order valence-corrected chi connectivity index (χ4v) is 3.52. The number of carbonyl (C=O) groups excluding carboxylic acids is 1. The maximum Gasteiger partial charge on any atom is 0.275 e. The lowest BCUT2D eigenvalue weighted by atomic mass is 10.1. The van der Waals surface area contributed by atoms with Crippen LogP contribution in [0.2, 0.25) is 0 Å². The highest BCUT2D eigenvalue weighted by atomic mass is 32.1. The summed E-state index contributed by atoms with van der Waals surface area (Å²) >= 11 is 1.30. The Bertz CT molecular complexity index is 993. The molecule has 0 fully saturated rings. The van der Waals surface area contributed by atoms with E-state index in [1.165, 1.54) is 27.5 Å². The molecule has 7 nitrogen and oxygen atoms in total. The van der Waals surface area contributed by atoms with E-state index in [9.17, 15) is 9.59 Å². The number of hydrogen-bond acceptors (Lipinski definition) is 6. The van der Waals surface area contributed by atoms with Crippen molar-refractivity contribution in [1.29, 1.82) is 0 Å². The minimum atomic E-state index is -0.192. The minimum Gasteiger partial charge on any atom is -0.350 e. The molecule has 0 saturated carbocycles. The molecule has 8 heteroatoms. The summed E-state index contributed by atoms with van der Waals surface area (Å²) in [5, 5.41) is 7.78. The summed E-state index contributed by atoms with van der Waals surface area (Å²) in [6.45, 7) is 4.71. The van der Waals surface area contributed by atoms with E-state index < -0.39 is 0 Å². The maximum atomic E-state index is 12.2. The third-order valence-electron chi connectivity index (χ3n) is 4.11. The molecule has 0 radical (unpaired) electrons. The number of benzene rings is 1. The number of anilines is 1. The second-order valence-electron chi connectivity index (χ2n) is 6.53. The van der Waals surface area contributed by atoms with Gasteiger partial charge in [0.25, 0.3) is 5.56 Å². The molecule has 142 valence electrons. The van der Waals surface area contributed by atoms with Crippen molar-refractivity contribution in [2.24, 2.45) is 0 Å². The summed E-state index contributed by atoms with van der Waals surface area (Å²) in [5.74, 6) is -0.107. The molecule has 1 aromatic carbocycles. The molecular weight excluding hydrogens is 362 g/mol. The monoisotopic (exact) mass is 385 g/mol. The average Bonchev–Trinajstić information content (AvgIpc) is 3.06. The number of fused-ring (bicyclic) bond motifs is 1. The van der Waals surface area contributed by atoms with Gasteiger partial charge in [-0.1, -0.05) is 54.5 Å². The summed E-state index contributed by atoms with van der Waals surface area (Å²) in [7, 11) is 1.78. The quantitative estimate of drug-likeness (QED) is 0.674. The number of aromatic nitrogens is 3. The smallest absolute Gasteiger partial charge is 0.275 e. The van der Waals surface area contributed by atoms with Crippen molar-refractivity contribution in [2.45, 2.75) is 33.2 Å². The first-order chi connectivity index (χ1) is 13.0. The molecule has 2 aromatic heterocycles. The first-order valence-corrected chi connectivity index (χ1v) is 9.71. The van der Waals surface area contributed by atoms with E-state index in [0.29, 0.717) is 16.6 Å². The van der Waals surface area contributed by atoms with Gasteiger partial charge in [0, 0.05) is 25.4 Å². The van der Waals surface area contributed by atoms with Gasteiger partial charge in [0.2, 0.25) is 16.0 Å². The lowest BCUT2D eigenvalue weighted by Crippen LogP contribution is -2.34. The van der Waals surface area contributed by atoms with Gasteiger partial charge in [-0.05, 0) is 18.9 Å². The molecule has 3 rings (SSSR count). The number of likely N-dealkylation sites (N-methyl/N-ethyl adjacent to an activating group) is 1. The van der Waals surface area contributed by atoms with Crippen LogP contribution in [0.1, 0.15) is 30.2 Å². The zero-order valence-corrected chi connectivity index (χ0v) is 16.5. The zero-order valence-electron chi connectivity index (χ0n) is 15.7. The number of rotatable bonds is 7. The number of hydrogen-bond donors (Lipinski definition) is 1. The second kappa shape index (κ2) is 8.30. The number of amides is 1. The number of carbonyl (C=O) groups is 1. The van der Waals surface area contributed by atoms with Crippen LogP contribution in [0.25, 0.3) is 4.96 Å². The Kier molecular flexibility index (Phi) is 5.85. The highest BCUT2D eigenvalue weighted by Crippen LogP contribution is 2.20.